The summed E-state index contributed by atoms with van der Waals surface area (Å²) in [6.45, 7) is 2.16. The lowest BCUT2D eigenvalue weighted by Gasteiger charge is -2.28. The predicted molar refractivity (Wildman–Crippen MR) is 90.2 cm³/mol. The van der Waals surface area contributed by atoms with E-state index >= 15 is 0 Å². The molecule has 2 atom stereocenters. The van der Waals surface area contributed by atoms with Crippen molar-refractivity contribution in [3.05, 3.63) is 35.4 Å². The molecule has 2 aliphatic carbocycles. The Hall–Kier alpha value is -1.06. The van der Waals surface area contributed by atoms with E-state index in [1.54, 1.807) is 0 Å². The van der Waals surface area contributed by atoms with Crippen LogP contribution in [0, 0.1) is 11.3 Å². The van der Waals surface area contributed by atoms with Gasteiger partial charge in [-0.3, -0.25) is 4.79 Å². The Morgan fingerprint density at radius 1 is 1.23 bits per heavy atom. The molecule has 0 radical (unpaired) electrons. The fraction of sp³-hybridized carbons (Fsp3) is 0.611. The second kappa shape index (κ2) is 6.21. The van der Waals surface area contributed by atoms with Gasteiger partial charge in [0.05, 0.1) is 6.04 Å². The molecule has 1 heterocycles. The van der Waals surface area contributed by atoms with Crippen molar-refractivity contribution in [3.63, 3.8) is 0 Å². The highest BCUT2D eigenvalue weighted by atomic mass is 35.5. The van der Waals surface area contributed by atoms with E-state index < -0.39 is 0 Å². The maximum Gasteiger partial charge on any atom is 0.224 e. The fourth-order valence-corrected chi connectivity index (χ4v) is 4.37. The van der Waals surface area contributed by atoms with Crippen LogP contribution in [-0.2, 0) is 11.2 Å². The molecular weight excluding hydrogens is 296 g/mol. The SMILES string of the molecule is Cl.O=C(NC1CCCc2ccccc21)C1CC12CCNCC2. The molecule has 1 aliphatic heterocycles. The first-order valence-electron chi connectivity index (χ1n) is 8.37. The van der Waals surface area contributed by atoms with Gasteiger partial charge >= 0.3 is 0 Å². The van der Waals surface area contributed by atoms with Crippen LogP contribution in [0.2, 0.25) is 0 Å². The molecule has 1 saturated heterocycles. The minimum Gasteiger partial charge on any atom is -0.349 e. The summed E-state index contributed by atoms with van der Waals surface area (Å²) in [5.41, 5.74) is 3.10. The van der Waals surface area contributed by atoms with Crippen molar-refractivity contribution in [3.8, 4) is 0 Å². The van der Waals surface area contributed by atoms with Crippen LogP contribution >= 0.6 is 12.4 Å². The maximum absolute atomic E-state index is 12.6. The normalized spacial score (nSPS) is 28.4. The van der Waals surface area contributed by atoms with Crippen molar-refractivity contribution in [2.45, 2.75) is 44.6 Å². The zero-order valence-corrected chi connectivity index (χ0v) is 13.8. The molecule has 2 fully saturated rings. The summed E-state index contributed by atoms with van der Waals surface area (Å²) < 4.78 is 0. The number of amides is 1. The zero-order valence-electron chi connectivity index (χ0n) is 12.9. The number of carbonyl (C=O) groups is 1. The summed E-state index contributed by atoms with van der Waals surface area (Å²) in [5, 5.41) is 6.75. The Morgan fingerprint density at radius 3 is 2.82 bits per heavy atom. The van der Waals surface area contributed by atoms with Crippen molar-refractivity contribution in [1.29, 1.82) is 0 Å². The minimum absolute atomic E-state index is 0. The van der Waals surface area contributed by atoms with Gasteiger partial charge in [0.2, 0.25) is 5.91 Å². The van der Waals surface area contributed by atoms with Crippen molar-refractivity contribution >= 4 is 18.3 Å². The second-order valence-electron chi connectivity index (χ2n) is 7.02. The lowest BCUT2D eigenvalue weighted by atomic mass is 9.87. The summed E-state index contributed by atoms with van der Waals surface area (Å²) in [4.78, 5) is 12.6. The van der Waals surface area contributed by atoms with Crippen LogP contribution in [0.5, 0.6) is 0 Å². The molecule has 120 valence electrons. The molecule has 1 spiro atoms. The van der Waals surface area contributed by atoms with E-state index in [4.69, 9.17) is 0 Å². The molecule has 22 heavy (non-hydrogen) atoms. The predicted octanol–water partition coefficient (Wildman–Crippen LogP) is 2.99. The Kier molecular flexibility index (Phi) is 4.47. The van der Waals surface area contributed by atoms with Crippen molar-refractivity contribution in [2.24, 2.45) is 11.3 Å². The summed E-state index contributed by atoms with van der Waals surface area (Å²) in [6.07, 6.45) is 6.88. The van der Waals surface area contributed by atoms with Crippen molar-refractivity contribution < 1.29 is 4.79 Å². The Bertz CT molecular complexity index is 554. The van der Waals surface area contributed by atoms with Gasteiger partial charge in [-0.25, -0.2) is 0 Å². The average Bonchev–Trinajstić information content (AvgIpc) is 3.22. The number of benzene rings is 1. The number of aryl methyl sites for hydroxylation is 1. The van der Waals surface area contributed by atoms with Gasteiger partial charge in [0.1, 0.15) is 0 Å². The van der Waals surface area contributed by atoms with E-state index in [1.807, 2.05) is 0 Å². The maximum atomic E-state index is 12.6. The van der Waals surface area contributed by atoms with E-state index in [1.165, 1.54) is 30.4 Å². The number of hydrogen-bond acceptors (Lipinski definition) is 2. The van der Waals surface area contributed by atoms with E-state index in [9.17, 15) is 4.79 Å². The number of nitrogens with one attached hydrogen (secondary N) is 2. The Balaban J connectivity index is 0.00000144. The van der Waals surface area contributed by atoms with Crippen molar-refractivity contribution in [1.82, 2.24) is 10.6 Å². The molecule has 4 heteroatoms. The van der Waals surface area contributed by atoms with Crippen LogP contribution < -0.4 is 10.6 Å². The van der Waals surface area contributed by atoms with Crippen LogP contribution in [0.3, 0.4) is 0 Å². The van der Waals surface area contributed by atoms with E-state index in [-0.39, 0.29) is 24.4 Å². The highest BCUT2D eigenvalue weighted by Gasteiger charge is 2.57. The summed E-state index contributed by atoms with van der Waals surface area (Å²) >= 11 is 0. The lowest BCUT2D eigenvalue weighted by Crippen LogP contribution is -2.36. The fourth-order valence-electron chi connectivity index (χ4n) is 4.37. The van der Waals surface area contributed by atoms with Gasteiger partial charge in [-0.1, -0.05) is 24.3 Å². The van der Waals surface area contributed by atoms with Crippen LogP contribution in [0.15, 0.2) is 24.3 Å². The first kappa shape index (κ1) is 15.8. The number of fused-ring (bicyclic) bond motifs is 1. The van der Waals surface area contributed by atoms with E-state index in [0.29, 0.717) is 11.3 Å². The summed E-state index contributed by atoms with van der Waals surface area (Å²) in [6, 6.07) is 8.83. The largest absolute Gasteiger partial charge is 0.349 e. The van der Waals surface area contributed by atoms with Gasteiger partial charge < -0.3 is 10.6 Å². The third-order valence-corrected chi connectivity index (χ3v) is 5.79. The topological polar surface area (TPSA) is 41.1 Å². The molecule has 1 saturated carbocycles. The van der Waals surface area contributed by atoms with Gasteiger partial charge in [-0.05, 0) is 68.2 Å². The smallest absolute Gasteiger partial charge is 0.224 e. The first-order valence-corrected chi connectivity index (χ1v) is 8.37. The molecule has 3 aliphatic rings. The molecular formula is C18H25ClN2O. The van der Waals surface area contributed by atoms with Crippen LogP contribution in [0.4, 0.5) is 0 Å². The Morgan fingerprint density at radius 2 is 2.00 bits per heavy atom. The average molecular weight is 321 g/mol. The Labute approximate surface area is 138 Å². The van der Waals surface area contributed by atoms with Gasteiger partial charge in [0.15, 0.2) is 0 Å². The van der Waals surface area contributed by atoms with Crippen LogP contribution in [-0.4, -0.2) is 19.0 Å². The molecule has 1 aromatic rings. The number of halogens is 1. The molecule has 4 rings (SSSR count). The standard InChI is InChI=1S/C18H24N2O.ClH/c21-17(15-12-18(15)8-10-19-11-9-18)20-16-7-3-5-13-4-1-2-6-14(13)16;/h1-2,4,6,15-16,19H,3,5,7-12H2,(H,20,21);1H. The number of rotatable bonds is 2. The summed E-state index contributed by atoms with van der Waals surface area (Å²) in [7, 11) is 0. The van der Waals surface area contributed by atoms with Crippen LogP contribution in [0.1, 0.15) is 49.3 Å². The number of piperidine rings is 1. The molecule has 0 aromatic heterocycles. The molecule has 2 unspecified atom stereocenters. The number of hydrogen-bond donors (Lipinski definition) is 2. The van der Waals surface area contributed by atoms with Gasteiger partial charge in [-0.2, -0.15) is 0 Å². The highest BCUT2D eigenvalue weighted by molar-refractivity contribution is 5.85. The zero-order chi connectivity index (χ0) is 14.3. The third-order valence-electron chi connectivity index (χ3n) is 5.79. The third kappa shape index (κ3) is 2.77. The highest BCUT2D eigenvalue weighted by Crippen LogP contribution is 2.58. The first-order chi connectivity index (χ1) is 10.3. The summed E-state index contributed by atoms with van der Waals surface area (Å²) in [5.74, 6) is 0.576. The molecule has 1 aromatic carbocycles. The van der Waals surface area contributed by atoms with Crippen LogP contribution in [0.25, 0.3) is 0 Å². The molecule has 0 bridgehead atoms. The molecule has 1 amide bonds. The molecule has 3 nitrogen and oxygen atoms in total. The molecule has 2 N–H and O–H groups in total. The quantitative estimate of drug-likeness (QED) is 0.879. The van der Waals surface area contributed by atoms with Gasteiger partial charge in [0, 0.05) is 5.92 Å². The van der Waals surface area contributed by atoms with Crippen molar-refractivity contribution in [2.75, 3.05) is 13.1 Å². The number of carbonyl (C=O) groups excluding carboxylic acids is 1. The lowest BCUT2D eigenvalue weighted by molar-refractivity contribution is -0.124. The van der Waals surface area contributed by atoms with Gasteiger partial charge in [-0.15, -0.1) is 12.4 Å². The second-order valence-corrected chi connectivity index (χ2v) is 7.02. The minimum atomic E-state index is 0. The monoisotopic (exact) mass is 320 g/mol. The van der Waals surface area contributed by atoms with E-state index in [0.717, 1.165) is 32.4 Å². The van der Waals surface area contributed by atoms with Gasteiger partial charge in [0.25, 0.3) is 0 Å². The van der Waals surface area contributed by atoms with E-state index in [2.05, 4.69) is 34.9 Å².